The molecule has 6 heteroatoms. The summed E-state index contributed by atoms with van der Waals surface area (Å²) in [5.74, 6) is 0.147. The third-order valence-corrected chi connectivity index (χ3v) is 3.40. The second-order valence-corrected chi connectivity index (χ2v) is 4.64. The van der Waals surface area contributed by atoms with Gasteiger partial charge in [-0.15, -0.1) is 0 Å². The Balaban J connectivity index is 2.29. The second-order valence-electron chi connectivity index (χ2n) is 4.23. The van der Waals surface area contributed by atoms with E-state index in [0.717, 1.165) is 5.69 Å². The Morgan fingerprint density at radius 3 is 2.85 bits per heavy atom. The van der Waals surface area contributed by atoms with Crippen molar-refractivity contribution in [3.05, 3.63) is 52.7 Å². The van der Waals surface area contributed by atoms with Crippen LogP contribution >= 0.6 is 11.6 Å². The Morgan fingerprint density at radius 1 is 1.40 bits per heavy atom. The van der Waals surface area contributed by atoms with Crippen LogP contribution in [0.5, 0.6) is 5.88 Å². The molecule has 1 heterocycles. The van der Waals surface area contributed by atoms with Crippen LogP contribution in [0.1, 0.15) is 17.3 Å². The fraction of sp³-hybridized carbons (Fsp3) is 0.286. The number of nitrogens with one attached hydrogen (secondary N) is 1. The van der Waals surface area contributed by atoms with Crippen LogP contribution < -0.4 is 10.1 Å². The smallest absolute Gasteiger partial charge is 0.216 e. The van der Waals surface area contributed by atoms with Crippen LogP contribution in [-0.4, -0.2) is 24.1 Å². The first-order chi connectivity index (χ1) is 9.65. The van der Waals surface area contributed by atoms with E-state index in [0.29, 0.717) is 22.9 Å². The molecule has 1 N–H and O–H groups in total. The Morgan fingerprint density at radius 2 is 2.20 bits per heavy atom. The first-order valence-electron chi connectivity index (χ1n) is 6.11. The van der Waals surface area contributed by atoms with Crippen molar-refractivity contribution >= 4 is 11.6 Å². The third-order valence-electron chi connectivity index (χ3n) is 3.05. The van der Waals surface area contributed by atoms with Crippen molar-refractivity contribution in [3.63, 3.8) is 0 Å². The van der Waals surface area contributed by atoms with Gasteiger partial charge in [-0.2, -0.15) is 0 Å². The van der Waals surface area contributed by atoms with Crippen molar-refractivity contribution in [3.8, 4) is 5.88 Å². The summed E-state index contributed by atoms with van der Waals surface area (Å²) in [6.07, 6.45) is 1.81. The van der Waals surface area contributed by atoms with Gasteiger partial charge in [0.15, 0.2) is 0 Å². The lowest BCUT2D eigenvalue weighted by Crippen LogP contribution is -2.21. The quantitative estimate of drug-likeness (QED) is 0.921. The molecule has 0 saturated heterocycles. The molecule has 0 aliphatic rings. The van der Waals surface area contributed by atoms with Gasteiger partial charge in [-0.1, -0.05) is 17.7 Å². The predicted molar refractivity (Wildman–Crippen MR) is 75.5 cm³/mol. The minimum atomic E-state index is -0.321. The summed E-state index contributed by atoms with van der Waals surface area (Å²) in [5, 5.41) is 3.51. The molecule has 106 valence electrons. The van der Waals surface area contributed by atoms with Crippen LogP contribution in [0.2, 0.25) is 5.02 Å². The molecule has 0 aliphatic carbocycles. The molecule has 20 heavy (non-hydrogen) atoms. The Bertz CT molecular complexity index is 574. The van der Waals surface area contributed by atoms with E-state index in [1.54, 1.807) is 25.2 Å². The highest BCUT2D eigenvalue weighted by Crippen LogP contribution is 2.25. The fourth-order valence-electron chi connectivity index (χ4n) is 1.94. The van der Waals surface area contributed by atoms with Crippen LogP contribution in [-0.2, 0) is 6.42 Å². The summed E-state index contributed by atoms with van der Waals surface area (Å²) in [5.41, 5.74) is 1.18. The van der Waals surface area contributed by atoms with Crippen molar-refractivity contribution in [1.82, 2.24) is 15.3 Å². The molecule has 0 amide bonds. The number of ether oxygens (including phenoxy) is 1. The predicted octanol–water partition coefficient (Wildman–Crippen LogP) is 2.78. The Kier molecular flexibility index (Phi) is 4.87. The van der Waals surface area contributed by atoms with Gasteiger partial charge < -0.3 is 10.1 Å². The second kappa shape index (κ2) is 6.63. The van der Waals surface area contributed by atoms with Gasteiger partial charge in [0.25, 0.3) is 0 Å². The monoisotopic (exact) mass is 295 g/mol. The topological polar surface area (TPSA) is 47.0 Å². The first-order valence-corrected chi connectivity index (χ1v) is 6.49. The van der Waals surface area contributed by atoms with Gasteiger partial charge >= 0.3 is 0 Å². The van der Waals surface area contributed by atoms with E-state index in [2.05, 4.69) is 15.3 Å². The number of likely N-dealkylation sites (N-methyl/N-ethyl adjacent to an activating group) is 1. The zero-order valence-electron chi connectivity index (χ0n) is 11.2. The first kappa shape index (κ1) is 14.7. The normalized spacial score (nSPS) is 12.2. The number of halogens is 2. The fourth-order valence-corrected chi connectivity index (χ4v) is 2.18. The maximum absolute atomic E-state index is 13.8. The zero-order valence-corrected chi connectivity index (χ0v) is 12.0. The van der Waals surface area contributed by atoms with Gasteiger partial charge in [-0.3, -0.25) is 0 Å². The van der Waals surface area contributed by atoms with Crippen molar-refractivity contribution in [2.45, 2.75) is 12.5 Å². The van der Waals surface area contributed by atoms with Gasteiger partial charge in [-0.25, -0.2) is 14.4 Å². The van der Waals surface area contributed by atoms with Crippen molar-refractivity contribution in [2.24, 2.45) is 0 Å². The van der Waals surface area contributed by atoms with Crippen molar-refractivity contribution < 1.29 is 9.13 Å². The molecule has 0 fully saturated rings. The van der Waals surface area contributed by atoms with Crippen molar-refractivity contribution in [2.75, 3.05) is 14.2 Å². The Hall–Kier alpha value is -1.72. The molecule has 2 rings (SSSR count). The van der Waals surface area contributed by atoms with E-state index in [1.165, 1.54) is 19.5 Å². The summed E-state index contributed by atoms with van der Waals surface area (Å²) in [7, 11) is 3.32. The summed E-state index contributed by atoms with van der Waals surface area (Å²) < 4.78 is 18.9. The van der Waals surface area contributed by atoms with Crippen LogP contribution in [0.25, 0.3) is 0 Å². The summed E-state index contributed by atoms with van der Waals surface area (Å²) in [6, 6.07) is 6.20. The molecule has 0 radical (unpaired) electrons. The van der Waals surface area contributed by atoms with Gasteiger partial charge in [0.05, 0.1) is 18.8 Å². The summed E-state index contributed by atoms with van der Waals surface area (Å²) >= 11 is 6.05. The minimum absolute atomic E-state index is 0.179. The highest BCUT2D eigenvalue weighted by atomic mass is 35.5. The average Bonchev–Trinajstić information content (AvgIpc) is 2.47. The molecule has 0 spiro atoms. The molecule has 0 saturated carbocycles. The molecule has 1 atom stereocenters. The van der Waals surface area contributed by atoms with Crippen molar-refractivity contribution in [1.29, 1.82) is 0 Å². The number of hydrogen-bond donors (Lipinski definition) is 1. The molecule has 0 bridgehead atoms. The zero-order chi connectivity index (χ0) is 14.5. The number of benzene rings is 1. The van der Waals surface area contributed by atoms with E-state index in [9.17, 15) is 4.39 Å². The van der Waals surface area contributed by atoms with Crippen LogP contribution in [0.15, 0.2) is 30.6 Å². The van der Waals surface area contributed by atoms with Crippen LogP contribution in [0.3, 0.4) is 0 Å². The molecule has 1 unspecified atom stereocenters. The summed E-state index contributed by atoms with van der Waals surface area (Å²) in [6.45, 7) is 0. The highest BCUT2D eigenvalue weighted by Gasteiger charge is 2.17. The van der Waals surface area contributed by atoms with E-state index in [1.807, 2.05) is 0 Å². The molecule has 2 aromatic rings. The van der Waals surface area contributed by atoms with Crippen LogP contribution in [0.4, 0.5) is 4.39 Å². The molecular formula is C14H15ClFN3O. The number of nitrogens with zero attached hydrogens (tertiary/aromatic N) is 2. The van der Waals surface area contributed by atoms with Gasteiger partial charge in [0, 0.05) is 16.7 Å². The largest absolute Gasteiger partial charge is 0.481 e. The summed E-state index contributed by atoms with van der Waals surface area (Å²) in [4.78, 5) is 8.15. The highest BCUT2D eigenvalue weighted by molar-refractivity contribution is 6.31. The lowest BCUT2D eigenvalue weighted by molar-refractivity contribution is 0.394. The van der Waals surface area contributed by atoms with E-state index < -0.39 is 0 Å². The standard InChI is InChI=1S/C14H15ClFN3O/c1-17-12(13-7-14(20-2)19-8-18-13)6-9-10(15)4-3-5-11(9)16/h3-5,7-8,12,17H,6H2,1-2H3. The molecule has 4 nitrogen and oxygen atoms in total. The molecular weight excluding hydrogens is 281 g/mol. The van der Waals surface area contributed by atoms with Gasteiger partial charge in [0.1, 0.15) is 12.1 Å². The van der Waals surface area contributed by atoms with Gasteiger partial charge in [0.2, 0.25) is 5.88 Å². The van der Waals surface area contributed by atoms with E-state index >= 15 is 0 Å². The van der Waals surface area contributed by atoms with E-state index in [4.69, 9.17) is 16.3 Å². The maximum Gasteiger partial charge on any atom is 0.216 e. The average molecular weight is 296 g/mol. The number of methoxy groups -OCH3 is 1. The number of rotatable bonds is 5. The van der Waals surface area contributed by atoms with Crippen LogP contribution in [0, 0.1) is 5.82 Å². The van der Waals surface area contributed by atoms with E-state index in [-0.39, 0.29) is 11.9 Å². The molecule has 1 aromatic carbocycles. The molecule has 0 aliphatic heterocycles. The lowest BCUT2D eigenvalue weighted by Gasteiger charge is -2.17. The Labute approximate surface area is 122 Å². The number of hydrogen-bond acceptors (Lipinski definition) is 4. The maximum atomic E-state index is 13.8. The van der Waals surface area contributed by atoms with Gasteiger partial charge in [-0.05, 0) is 25.6 Å². The molecule has 1 aromatic heterocycles. The minimum Gasteiger partial charge on any atom is -0.481 e. The lowest BCUT2D eigenvalue weighted by atomic mass is 10.0. The third kappa shape index (κ3) is 3.23. The number of aromatic nitrogens is 2. The SMILES string of the molecule is CNC(Cc1c(F)cccc1Cl)c1cc(OC)ncn1.